The monoisotopic (exact) mass is 304 g/mol. The standard InChI is InChI=1S/C19H16N2O2/c1-21-17-5-3-4-6-18(17)23-19(21)10-7-13-12-20-16-9-8-14(22-2)11-15(13)16/h3-12H,1-2H3. The normalized spacial score (nSPS) is 18.3. The fraction of sp³-hybridized carbons (Fsp3) is 0.105. The van der Waals surface area contributed by atoms with Gasteiger partial charge >= 0.3 is 0 Å². The molecule has 0 saturated carbocycles. The van der Waals surface area contributed by atoms with Crippen LogP contribution in [0.5, 0.6) is 11.5 Å². The van der Waals surface area contributed by atoms with Crippen molar-refractivity contribution < 1.29 is 9.47 Å². The first-order valence-corrected chi connectivity index (χ1v) is 7.41. The number of nitrogens with zero attached hydrogens (tertiary/aromatic N) is 2. The van der Waals surface area contributed by atoms with Crippen LogP contribution in [0.3, 0.4) is 0 Å². The molecule has 2 heterocycles. The Morgan fingerprint density at radius 2 is 2.00 bits per heavy atom. The van der Waals surface area contributed by atoms with E-state index in [0.29, 0.717) is 0 Å². The SMILES string of the molecule is COc1ccc2c(c1)C(=CC=C1Oc3ccccc3N1C)C=N2. The van der Waals surface area contributed by atoms with Crippen LogP contribution < -0.4 is 14.4 Å². The molecule has 4 rings (SSSR count). The van der Waals surface area contributed by atoms with Crippen molar-refractivity contribution in [3.05, 3.63) is 66.1 Å². The van der Waals surface area contributed by atoms with E-state index in [4.69, 9.17) is 9.47 Å². The molecule has 0 aromatic heterocycles. The van der Waals surface area contributed by atoms with E-state index in [-0.39, 0.29) is 0 Å². The summed E-state index contributed by atoms with van der Waals surface area (Å²) in [6, 6.07) is 13.9. The van der Waals surface area contributed by atoms with Gasteiger partial charge in [0.05, 0.1) is 18.5 Å². The third kappa shape index (κ3) is 2.28. The van der Waals surface area contributed by atoms with Crippen LogP contribution in [-0.2, 0) is 0 Å². The summed E-state index contributed by atoms with van der Waals surface area (Å²) in [4.78, 5) is 6.46. The molecule has 0 unspecified atom stereocenters. The molecule has 2 aliphatic heterocycles. The maximum Gasteiger partial charge on any atom is 0.200 e. The Bertz CT molecular complexity index is 865. The Morgan fingerprint density at radius 3 is 2.83 bits per heavy atom. The molecule has 0 aliphatic carbocycles. The van der Waals surface area contributed by atoms with Gasteiger partial charge in [0.1, 0.15) is 5.75 Å². The molecular weight excluding hydrogens is 288 g/mol. The zero-order valence-electron chi connectivity index (χ0n) is 13.0. The summed E-state index contributed by atoms with van der Waals surface area (Å²) in [6.07, 6.45) is 5.85. The molecule has 2 aromatic rings. The van der Waals surface area contributed by atoms with Crippen molar-refractivity contribution >= 4 is 23.2 Å². The molecule has 0 saturated heterocycles. The summed E-state index contributed by atoms with van der Waals surface area (Å²) in [6.45, 7) is 0. The van der Waals surface area contributed by atoms with Gasteiger partial charge in [0.15, 0.2) is 11.6 Å². The quantitative estimate of drug-likeness (QED) is 0.835. The molecule has 0 radical (unpaired) electrons. The molecule has 23 heavy (non-hydrogen) atoms. The van der Waals surface area contributed by atoms with Gasteiger partial charge in [0.2, 0.25) is 0 Å². The highest BCUT2D eigenvalue weighted by Gasteiger charge is 2.21. The number of allylic oxidation sites excluding steroid dienone is 3. The third-order valence-electron chi connectivity index (χ3n) is 4.03. The average molecular weight is 304 g/mol. The zero-order valence-corrected chi connectivity index (χ0v) is 13.0. The van der Waals surface area contributed by atoms with Crippen LogP contribution in [0.25, 0.3) is 5.57 Å². The zero-order chi connectivity index (χ0) is 15.8. The molecule has 2 aromatic carbocycles. The van der Waals surface area contributed by atoms with Crippen molar-refractivity contribution in [3.8, 4) is 11.5 Å². The second-order valence-electron chi connectivity index (χ2n) is 5.40. The predicted octanol–water partition coefficient (Wildman–Crippen LogP) is 4.16. The lowest BCUT2D eigenvalue weighted by atomic mass is 10.1. The third-order valence-corrected chi connectivity index (χ3v) is 4.03. The van der Waals surface area contributed by atoms with Crippen molar-refractivity contribution in [3.63, 3.8) is 0 Å². The Morgan fingerprint density at radius 1 is 1.13 bits per heavy atom. The molecule has 0 amide bonds. The highest BCUT2D eigenvalue weighted by atomic mass is 16.5. The molecule has 114 valence electrons. The molecule has 0 fully saturated rings. The van der Waals surface area contributed by atoms with Crippen LogP contribution >= 0.6 is 0 Å². The van der Waals surface area contributed by atoms with Gasteiger partial charge in [-0.1, -0.05) is 12.1 Å². The molecular formula is C19H16N2O2. The van der Waals surface area contributed by atoms with Crippen molar-refractivity contribution in [1.82, 2.24) is 0 Å². The first-order valence-electron chi connectivity index (χ1n) is 7.41. The van der Waals surface area contributed by atoms with Crippen LogP contribution in [0, 0.1) is 0 Å². The number of hydrogen-bond donors (Lipinski definition) is 0. The summed E-state index contributed by atoms with van der Waals surface area (Å²) in [5.41, 5.74) is 4.14. The van der Waals surface area contributed by atoms with E-state index < -0.39 is 0 Å². The summed E-state index contributed by atoms with van der Waals surface area (Å²) in [5.74, 6) is 2.50. The smallest absolute Gasteiger partial charge is 0.200 e. The lowest BCUT2D eigenvalue weighted by Crippen LogP contribution is -2.12. The number of aliphatic imine (C=N–C) groups is 1. The maximum absolute atomic E-state index is 5.89. The average Bonchev–Trinajstić information content (AvgIpc) is 3.14. The largest absolute Gasteiger partial charge is 0.497 e. The Labute approximate surface area is 135 Å². The second kappa shape index (κ2) is 5.32. The number of para-hydroxylation sites is 2. The number of rotatable bonds is 2. The molecule has 2 aliphatic rings. The molecule has 4 nitrogen and oxygen atoms in total. The fourth-order valence-electron chi connectivity index (χ4n) is 2.75. The minimum absolute atomic E-state index is 0.795. The van der Waals surface area contributed by atoms with Crippen LogP contribution in [0.2, 0.25) is 0 Å². The molecule has 0 bridgehead atoms. The second-order valence-corrected chi connectivity index (χ2v) is 5.40. The summed E-state index contributed by atoms with van der Waals surface area (Å²) in [5, 5.41) is 0. The summed E-state index contributed by atoms with van der Waals surface area (Å²) >= 11 is 0. The van der Waals surface area contributed by atoms with Gasteiger partial charge in [0.25, 0.3) is 0 Å². The number of anilines is 1. The lowest BCUT2D eigenvalue weighted by molar-refractivity contribution is 0.415. The van der Waals surface area contributed by atoms with Crippen LogP contribution in [0.4, 0.5) is 11.4 Å². The van der Waals surface area contributed by atoms with Gasteiger partial charge in [-0.3, -0.25) is 4.99 Å². The minimum atomic E-state index is 0.795. The minimum Gasteiger partial charge on any atom is -0.497 e. The number of methoxy groups -OCH3 is 1. The summed E-state index contributed by atoms with van der Waals surface area (Å²) in [7, 11) is 3.66. The van der Waals surface area contributed by atoms with Gasteiger partial charge in [0, 0.05) is 24.4 Å². The first kappa shape index (κ1) is 13.6. The van der Waals surface area contributed by atoms with Crippen molar-refractivity contribution in [2.45, 2.75) is 0 Å². The highest BCUT2D eigenvalue weighted by Crippen LogP contribution is 2.38. The molecule has 4 heteroatoms. The van der Waals surface area contributed by atoms with Crippen molar-refractivity contribution in [2.24, 2.45) is 4.99 Å². The molecule has 0 spiro atoms. The lowest BCUT2D eigenvalue weighted by Gasteiger charge is -2.10. The van der Waals surface area contributed by atoms with Crippen molar-refractivity contribution in [1.29, 1.82) is 0 Å². The Kier molecular flexibility index (Phi) is 3.15. The van der Waals surface area contributed by atoms with E-state index in [1.165, 1.54) is 0 Å². The van der Waals surface area contributed by atoms with Crippen molar-refractivity contribution in [2.75, 3.05) is 19.1 Å². The Hall–Kier alpha value is -3.01. The van der Waals surface area contributed by atoms with Gasteiger partial charge in [-0.25, -0.2) is 0 Å². The fourth-order valence-corrected chi connectivity index (χ4v) is 2.75. The first-order chi connectivity index (χ1) is 11.3. The van der Waals surface area contributed by atoms with Gasteiger partial charge in [-0.15, -0.1) is 0 Å². The topological polar surface area (TPSA) is 34.1 Å². The molecule has 0 atom stereocenters. The van der Waals surface area contributed by atoms with Gasteiger partial charge in [-0.05, 0) is 42.5 Å². The van der Waals surface area contributed by atoms with Crippen LogP contribution in [0.15, 0.2) is 65.5 Å². The number of fused-ring (bicyclic) bond motifs is 2. The van der Waals surface area contributed by atoms with E-state index in [9.17, 15) is 0 Å². The number of ether oxygens (including phenoxy) is 2. The predicted molar refractivity (Wildman–Crippen MR) is 92.7 cm³/mol. The van der Waals surface area contributed by atoms with Gasteiger partial charge < -0.3 is 14.4 Å². The van der Waals surface area contributed by atoms with E-state index in [1.807, 2.05) is 72.8 Å². The number of hydrogen-bond acceptors (Lipinski definition) is 4. The van der Waals surface area contributed by atoms with E-state index in [1.54, 1.807) is 7.11 Å². The summed E-state index contributed by atoms with van der Waals surface area (Å²) < 4.78 is 11.2. The van der Waals surface area contributed by atoms with Crippen LogP contribution in [-0.4, -0.2) is 20.4 Å². The maximum atomic E-state index is 5.89. The van der Waals surface area contributed by atoms with E-state index in [2.05, 4.69) is 4.99 Å². The Balaban J connectivity index is 1.66. The van der Waals surface area contributed by atoms with E-state index in [0.717, 1.165) is 39.9 Å². The van der Waals surface area contributed by atoms with Crippen LogP contribution in [0.1, 0.15) is 5.56 Å². The highest BCUT2D eigenvalue weighted by molar-refractivity contribution is 6.16. The molecule has 0 N–H and O–H groups in total. The van der Waals surface area contributed by atoms with E-state index >= 15 is 0 Å². The number of benzene rings is 2. The van der Waals surface area contributed by atoms with Gasteiger partial charge in [-0.2, -0.15) is 0 Å².